The van der Waals surface area contributed by atoms with Gasteiger partial charge in [-0.05, 0) is 16.5 Å². The molecule has 0 aromatic carbocycles. The molecule has 0 aliphatic carbocycles. The lowest BCUT2D eigenvalue weighted by atomic mass is 10.2. The fraction of sp³-hybridized carbons (Fsp3) is 0.250. The van der Waals surface area contributed by atoms with E-state index in [1.54, 1.807) is 24.0 Å². The van der Waals surface area contributed by atoms with Crippen molar-refractivity contribution in [3.8, 4) is 0 Å². The van der Waals surface area contributed by atoms with Crippen LogP contribution in [-0.4, -0.2) is 25.2 Å². The molecule has 0 aliphatic rings. The van der Waals surface area contributed by atoms with Gasteiger partial charge in [0, 0.05) is 13.2 Å². The largest absolute Gasteiger partial charge is 0.397 e. The summed E-state index contributed by atoms with van der Waals surface area (Å²) in [7, 11) is 1.77. The van der Waals surface area contributed by atoms with Crippen molar-refractivity contribution < 1.29 is 0 Å². The van der Waals surface area contributed by atoms with E-state index in [0.717, 1.165) is 5.69 Å². The van der Waals surface area contributed by atoms with Crippen LogP contribution in [-0.2, 0) is 13.5 Å². The lowest BCUT2D eigenvalue weighted by molar-refractivity contribution is 0.684. The Morgan fingerprint density at radius 3 is 2.93 bits per heavy atom. The molecular weight excluding hydrogens is 216 g/mol. The summed E-state index contributed by atoms with van der Waals surface area (Å²) >= 11 is 5.74. The maximum atomic E-state index is 5.76. The lowest BCUT2D eigenvalue weighted by Gasteiger charge is -2.03. The van der Waals surface area contributed by atoms with E-state index in [2.05, 4.69) is 20.5 Å². The van der Waals surface area contributed by atoms with E-state index in [0.29, 0.717) is 23.0 Å². The van der Waals surface area contributed by atoms with Crippen molar-refractivity contribution in [2.24, 2.45) is 7.05 Å². The number of aryl methyl sites for hydroxylation is 1. The Morgan fingerprint density at radius 2 is 2.33 bits per heavy atom. The monoisotopic (exact) mass is 224 g/mol. The highest BCUT2D eigenvalue weighted by molar-refractivity contribution is 6.30. The number of hydrogen-bond acceptors (Lipinski definition) is 5. The van der Waals surface area contributed by atoms with Crippen LogP contribution < -0.4 is 5.73 Å². The number of aromatic nitrogens is 5. The normalized spacial score (nSPS) is 10.5. The van der Waals surface area contributed by atoms with E-state index in [4.69, 9.17) is 17.3 Å². The first-order chi connectivity index (χ1) is 7.16. The summed E-state index contributed by atoms with van der Waals surface area (Å²) in [6.07, 6.45) is 2.05. The predicted octanol–water partition coefficient (Wildman–Crippen LogP) is 0.431. The molecule has 2 aromatic heterocycles. The van der Waals surface area contributed by atoms with Gasteiger partial charge in [0.25, 0.3) is 0 Å². The van der Waals surface area contributed by atoms with Gasteiger partial charge in [-0.25, -0.2) is 4.68 Å². The first kappa shape index (κ1) is 9.85. The summed E-state index contributed by atoms with van der Waals surface area (Å²) in [4.78, 5) is 4.13. The van der Waals surface area contributed by atoms with Crippen molar-refractivity contribution in [2.45, 2.75) is 6.42 Å². The fourth-order valence-corrected chi connectivity index (χ4v) is 1.34. The Labute approximate surface area is 91.1 Å². The third-order valence-corrected chi connectivity index (χ3v) is 2.21. The molecule has 0 saturated carbocycles. The number of nitrogens with two attached hydrogens (primary N) is 1. The maximum Gasteiger partial charge on any atom is 0.156 e. The Bertz CT molecular complexity index is 480. The smallest absolute Gasteiger partial charge is 0.156 e. The first-order valence-corrected chi connectivity index (χ1v) is 4.65. The fourth-order valence-electron chi connectivity index (χ4n) is 1.18. The average molecular weight is 225 g/mol. The number of pyridine rings is 1. The van der Waals surface area contributed by atoms with E-state index in [-0.39, 0.29) is 0 Å². The Hall–Kier alpha value is -1.69. The zero-order valence-corrected chi connectivity index (χ0v) is 8.81. The van der Waals surface area contributed by atoms with Gasteiger partial charge in [-0.15, -0.1) is 5.10 Å². The molecule has 0 amide bonds. The number of anilines is 1. The second kappa shape index (κ2) is 3.82. The summed E-state index contributed by atoms with van der Waals surface area (Å²) in [6.45, 7) is 0. The summed E-state index contributed by atoms with van der Waals surface area (Å²) in [5, 5.41) is 11.6. The van der Waals surface area contributed by atoms with E-state index >= 15 is 0 Å². The van der Waals surface area contributed by atoms with E-state index in [1.165, 1.54) is 0 Å². The molecule has 0 fully saturated rings. The Morgan fingerprint density at radius 1 is 1.53 bits per heavy atom. The zero-order chi connectivity index (χ0) is 10.8. The molecule has 15 heavy (non-hydrogen) atoms. The quantitative estimate of drug-likeness (QED) is 0.800. The van der Waals surface area contributed by atoms with Crippen LogP contribution in [0.4, 0.5) is 5.69 Å². The van der Waals surface area contributed by atoms with Crippen LogP contribution in [0.25, 0.3) is 0 Å². The van der Waals surface area contributed by atoms with Crippen LogP contribution in [0.15, 0.2) is 12.3 Å². The molecule has 6 nitrogen and oxygen atoms in total. The van der Waals surface area contributed by atoms with Crippen molar-refractivity contribution in [1.29, 1.82) is 0 Å². The van der Waals surface area contributed by atoms with Gasteiger partial charge < -0.3 is 5.73 Å². The summed E-state index contributed by atoms with van der Waals surface area (Å²) in [6, 6.07) is 1.66. The molecular formula is C8H9ClN6. The van der Waals surface area contributed by atoms with Crippen LogP contribution in [0, 0.1) is 0 Å². The van der Waals surface area contributed by atoms with Gasteiger partial charge in [0.2, 0.25) is 0 Å². The van der Waals surface area contributed by atoms with Crippen LogP contribution in [0.1, 0.15) is 11.5 Å². The Balaban J connectivity index is 2.29. The van der Waals surface area contributed by atoms with Crippen LogP contribution >= 0.6 is 11.6 Å². The van der Waals surface area contributed by atoms with Crippen molar-refractivity contribution in [1.82, 2.24) is 25.2 Å². The highest BCUT2D eigenvalue weighted by Gasteiger charge is 2.08. The molecule has 7 heteroatoms. The average Bonchev–Trinajstić information content (AvgIpc) is 2.57. The molecule has 0 aliphatic heterocycles. The summed E-state index contributed by atoms with van der Waals surface area (Å²) in [5.41, 5.74) is 7.03. The highest BCUT2D eigenvalue weighted by Crippen LogP contribution is 2.16. The van der Waals surface area contributed by atoms with Crippen LogP contribution in [0.3, 0.4) is 0 Å². The molecule has 0 atom stereocenters. The molecule has 0 spiro atoms. The molecule has 0 bridgehead atoms. The number of tetrazole rings is 1. The second-order valence-corrected chi connectivity index (χ2v) is 3.52. The van der Waals surface area contributed by atoms with Crippen molar-refractivity contribution in [3.05, 3.63) is 28.8 Å². The lowest BCUT2D eigenvalue weighted by Crippen LogP contribution is -2.04. The molecule has 2 N–H and O–H groups in total. The van der Waals surface area contributed by atoms with Gasteiger partial charge in [-0.3, -0.25) is 4.98 Å². The summed E-state index contributed by atoms with van der Waals surface area (Å²) < 4.78 is 1.58. The van der Waals surface area contributed by atoms with E-state index in [9.17, 15) is 0 Å². The van der Waals surface area contributed by atoms with Gasteiger partial charge in [-0.2, -0.15) is 0 Å². The summed E-state index contributed by atoms with van der Waals surface area (Å²) in [5.74, 6) is 0.705. The number of hydrogen-bond donors (Lipinski definition) is 1. The molecule has 2 rings (SSSR count). The number of halogens is 1. The van der Waals surface area contributed by atoms with Crippen LogP contribution in [0.2, 0.25) is 5.02 Å². The second-order valence-electron chi connectivity index (χ2n) is 3.08. The third kappa shape index (κ3) is 2.04. The number of nitrogens with zero attached hydrogens (tertiary/aromatic N) is 5. The molecule has 0 unspecified atom stereocenters. The van der Waals surface area contributed by atoms with Gasteiger partial charge in [0.15, 0.2) is 5.82 Å². The zero-order valence-electron chi connectivity index (χ0n) is 8.05. The number of rotatable bonds is 2. The molecule has 78 valence electrons. The van der Waals surface area contributed by atoms with E-state index < -0.39 is 0 Å². The topological polar surface area (TPSA) is 82.5 Å². The predicted molar refractivity (Wildman–Crippen MR) is 55.3 cm³/mol. The molecule has 2 heterocycles. The minimum absolute atomic E-state index is 0.493. The van der Waals surface area contributed by atoms with Crippen molar-refractivity contribution in [3.63, 3.8) is 0 Å². The SMILES string of the molecule is Cn1nnnc1Cc1ncc(Cl)cc1N. The van der Waals surface area contributed by atoms with Gasteiger partial charge >= 0.3 is 0 Å². The minimum Gasteiger partial charge on any atom is -0.397 e. The van der Waals surface area contributed by atoms with Gasteiger partial charge in [0.1, 0.15) is 0 Å². The molecule has 0 saturated heterocycles. The third-order valence-electron chi connectivity index (χ3n) is 2.00. The minimum atomic E-state index is 0.493. The molecule has 0 radical (unpaired) electrons. The Kier molecular flexibility index (Phi) is 2.51. The van der Waals surface area contributed by atoms with Gasteiger partial charge in [0.05, 0.1) is 22.8 Å². The first-order valence-electron chi connectivity index (χ1n) is 4.28. The van der Waals surface area contributed by atoms with Crippen molar-refractivity contribution in [2.75, 3.05) is 5.73 Å². The maximum absolute atomic E-state index is 5.76. The highest BCUT2D eigenvalue weighted by atomic mass is 35.5. The van der Waals surface area contributed by atoms with Crippen molar-refractivity contribution >= 4 is 17.3 Å². The number of nitrogen functional groups attached to an aromatic ring is 1. The van der Waals surface area contributed by atoms with Crippen LogP contribution in [0.5, 0.6) is 0 Å². The van der Waals surface area contributed by atoms with Gasteiger partial charge in [-0.1, -0.05) is 11.6 Å². The molecule has 2 aromatic rings. The standard InChI is InChI=1S/C8H9ClN6/c1-15-8(12-13-14-15)3-7-6(10)2-5(9)4-11-7/h2,4H,3,10H2,1H3. The van der Waals surface area contributed by atoms with E-state index in [1.807, 2.05) is 0 Å².